The van der Waals surface area contributed by atoms with Crippen LogP contribution in [0.2, 0.25) is 0 Å². The normalized spacial score (nSPS) is 8.11. The van der Waals surface area contributed by atoms with Gasteiger partial charge < -0.3 is 19.8 Å². The molecule has 0 atom stereocenters. The van der Waals surface area contributed by atoms with Crippen LogP contribution in [-0.2, 0) is 49.2 Å². The van der Waals surface area contributed by atoms with Crippen molar-refractivity contribution in [2.24, 2.45) is 0 Å². The molecule has 0 aromatic carbocycles. The molecule has 0 bridgehead atoms. The number of hydrogen-bond acceptors (Lipinski definition) is 8. The van der Waals surface area contributed by atoms with Crippen molar-refractivity contribution in [3.05, 3.63) is 0 Å². The second kappa shape index (κ2) is 11.4. The molecule has 0 radical (unpaired) electrons. The van der Waals surface area contributed by atoms with Crippen LogP contribution in [0.4, 0.5) is 0 Å². The van der Waals surface area contributed by atoms with Gasteiger partial charge in [0, 0.05) is 0 Å². The largest absolute Gasteiger partial charge is 2.00 e. The van der Waals surface area contributed by atoms with Crippen LogP contribution in [0, 0.1) is 0 Å². The molecule has 19 heavy (non-hydrogen) atoms. The van der Waals surface area contributed by atoms with Crippen LogP contribution in [0.25, 0.3) is 0 Å². The van der Waals surface area contributed by atoms with E-state index in [-0.39, 0.29) is 20.4 Å². The van der Waals surface area contributed by atoms with Crippen molar-refractivity contribution < 1.29 is 59.4 Å². The van der Waals surface area contributed by atoms with Gasteiger partial charge in [-0.25, -0.2) is 0 Å². The quantitative estimate of drug-likeness (QED) is 0.268. The number of hydrogen-bond donors (Lipinski definition) is 0. The van der Waals surface area contributed by atoms with Gasteiger partial charge in [-0.15, -0.1) is 0 Å². The zero-order valence-corrected chi connectivity index (χ0v) is 11.6. The minimum absolute atomic E-state index is 0. The molecule has 9 heteroatoms. The van der Waals surface area contributed by atoms with E-state index in [0.29, 0.717) is 0 Å². The Bertz CT molecular complexity index is 360. The molecule has 0 heterocycles. The van der Waals surface area contributed by atoms with Gasteiger partial charge in [-0.1, -0.05) is 0 Å². The molecule has 0 saturated heterocycles. The SMILES string of the molecule is CC(=O)CC(=O)C(=O)[O-].CC(=O)CC(=O)C(=O)[O-].[Pd+2]. The van der Waals surface area contributed by atoms with E-state index < -0.39 is 47.9 Å². The number of ketones is 4. The zero-order valence-electron chi connectivity index (χ0n) is 10.00. The third-order valence-electron chi connectivity index (χ3n) is 1.27. The molecule has 0 N–H and O–H groups in total. The molecule has 0 aliphatic heterocycles. The smallest absolute Gasteiger partial charge is 0.542 e. The van der Waals surface area contributed by atoms with Crippen LogP contribution >= 0.6 is 0 Å². The predicted molar refractivity (Wildman–Crippen MR) is 50.6 cm³/mol. The van der Waals surface area contributed by atoms with Gasteiger partial charge in [0.2, 0.25) is 0 Å². The summed E-state index contributed by atoms with van der Waals surface area (Å²) in [5, 5.41) is 19.2. The Morgan fingerprint density at radius 2 is 0.895 bits per heavy atom. The monoisotopic (exact) mass is 364 g/mol. The summed E-state index contributed by atoms with van der Waals surface area (Å²) in [6.45, 7) is 2.28. The van der Waals surface area contributed by atoms with Crippen LogP contribution in [0.15, 0.2) is 0 Å². The molecule has 0 aromatic rings. The third kappa shape index (κ3) is 16.3. The van der Waals surface area contributed by atoms with E-state index in [1.54, 1.807) is 0 Å². The molecule has 0 unspecified atom stereocenters. The van der Waals surface area contributed by atoms with E-state index in [4.69, 9.17) is 0 Å². The summed E-state index contributed by atoms with van der Waals surface area (Å²) in [6, 6.07) is 0. The van der Waals surface area contributed by atoms with Gasteiger partial charge in [0.1, 0.15) is 23.5 Å². The molecule has 0 aliphatic carbocycles. The van der Waals surface area contributed by atoms with Gasteiger partial charge in [-0.2, -0.15) is 0 Å². The number of carboxylic acids is 2. The Balaban J connectivity index is -0.000000256. The van der Waals surface area contributed by atoms with E-state index in [9.17, 15) is 39.0 Å². The van der Waals surface area contributed by atoms with Crippen LogP contribution in [0.1, 0.15) is 26.7 Å². The maximum atomic E-state index is 10.1. The van der Waals surface area contributed by atoms with E-state index in [1.165, 1.54) is 0 Å². The molecule has 0 amide bonds. The average Bonchev–Trinajstić information content (AvgIpc) is 2.16. The average molecular weight is 365 g/mol. The van der Waals surface area contributed by atoms with Crippen molar-refractivity contribution in [1.29, 1.82) is 0 Å². The summed E-state index contributed by atoms with van der Waals surface area (Å²) >= 11 is 0. The van der Waals surface area contributed by atoms with Crippen molar-refractivity contribution in [1.82, 2.24) is 0 Å². The molecule has 0 saturated carbocycles. The van der Waals surface area contributed by atoms with Crippen LogP contribution in [0.5, 0.6) is 0 Å². The predicted octanol–water partition coefficient (Wildman–Crippen LogP) is -3.43. The third-order valence-corrected chi connectivity index (χ3v) is 1.27. The summed E-state index contributed by atoms with van der Waals surface area (Å²) in [5.41, 5.74) is 0. The number of carbonyl (C=O) groups excluding carboxylic acids is 6. The van der Waals surface area contributed by atoms with Gasteiger partial charge in [0.25, 0.3) is 0 Å². The molecule has 0 spiro atoms. The molecular formula is C10H10O8Pd. The Labute approximate surface area is 121 Å². The summed E-state index contributed by atoms with van der Waals surface area (Å²) < 4.78 is 0. The molecule has 8 nitrogen and oxygen atoms in total. The Morgan fingerprint density at radius 1 is 0.684 bits per heavy atom. The molecule has 0 aliphatic rings. The van der Waals surface area contributed by atoms with Gasteiger partial charge in [0.15, 0.2) is 11.6 Å². The maximum Gasteiger partial charge on any atom is 2.00 e. The fourth-order valence-electron chi connectivity index (χ4n) is 0.597. The van der Waals surface area contributed by atoms with Crippen LogP contribution in [-0.4, -0.2) is 35.1 Å². The Morgan fingerprint density at radius 3 is 0.947 bits per heavy atom. The fourth-order valence-corrected chi connectivity index (χ4v) is 0.597. The summed E-state index contributed by atoms with van der Waals surface area (Å²) in [7, 11) is 0. The fraction of sp³-hybridized carbons (Fsp3) is 0.400. The number of rotatable bonds is 6. The first-order chi connectivity index (χ1) is 8.07. The molecule has 0 fully saturated rings. The van der Waals surface area contributed by atoms with Crippen molar-refractivity contribution in [3.8, 4) is 0 Å². The molecule has 0 aromatic heterocycles. The van der Waals surface area contributed by atoms with Gasteiger partial charge in [-0.3, -0.25) is 19.2 Å². The molecular weight excluding hydrogens is 355 g/mol. The summed E-state index contributed by atoms with van der Waals surface area (Å²) in [5.74, 6) is -6.87. The minimum atomic E-state index is -1.80. The zero-order chi connectivity index (χ0) is 14.9. The van der Waals surface area contributed by atoms with E-state index in [1.807, 2.05) is 0 Å². The van der Waals surface area contributed by atoms with E-state index in [2.05, 4.69) is 0 Å². The van der Waals surface area contributed by atoms with Gasteiger partial charge >= 0.3 is 20.4 Å². The Kier molecular flexibility index (Phi) is 13.4. The first-order valence-electron chi connectivity index (χ1n) is 4.55. The van der Waals surface area contributed by atoms with Crippen molar-refractivity contribution >= 4 is 35.1 Å². The van der Waals surface area contributed by atoms with Crippen molar-refractivity contribution in [3.63, 3.8) is 0 Å². The van der Waals surface area contributed by atoms with Gasteiger partial charge in [0.05, 0.1) is 12.8 Å². The van der Waals surface area contributed by atoms with Gasteiger partial charge in [-0.05, 0) is 13.8 Å². The molecule has 0 rings (SSSR count). The summed E-state index contributed by atoms with van der Waals surface area (Å²) in [4.78, 5) is 59.5. The number of aliphatic carboxylic acids is 2. The molecule has 108 valence electrons. The first kappa shape index (κ1) is 22.5. The number of Topliss-reactive ketones (excluding diaryl/α,β-unsaturated/α-hetero) is 4. The summed E-state index contributed by atoms with van der Waals surface area (Å²) in [6.07, 6.45) is -1.13. The van der Waals surface area contributed by atoms with Crippen LogP contribution < -0.4 is 10.2 Å². The Hall–Kier alpha value is -1.72. The number of carbonyl (C=O) groups is 6. The first-order valence-corrected chi connectivity index (χ1v) is 4.55. The number of carboxylic acid groups (broad SMARTS) is 2. The van der Waals surface area contributed by atoms with Crippen molar-refractivity contribution in [2.75, 3.05) is 0 Å². The second-order valence-corrected chi connectivity index (χ2v) is 3.18. The van der Waals surface area contributed by atoms with Crippen LogP contribution in [0.3, 0.4) is 0 Å². The second-order valence-electron chi connectivity index (χ2n) is 3.18. The van der Waals surface area contributed by atoms with E-state index >= 15 is 0 Å². The maximum absolute atomic E-state index is 10.1. The standard InChI is InChI=1S/2C5H6O4.Pd/c2*1-3(6)2-4(7)5(8)9;/h2*2H2,1H3,(H,8,9);/q;;+2/p-2. The van der Waals surface area contributed by atoms with E-state index in [0.717, 1.165) is 13.8 Å². The topological polar surface area (TPSA) is 149 Å². The van der Waals surface area contributed by atoms with Crippen molar-refractivity contribution in [2.45, 2.75) is 26.7 Å². The minimum Gasteiger partial charge on any atom is -0.542 e.